The van der Waals surface area contributed by atoms with E-state index >= 15 is 0 Å². The number of amides is 1. The summed E-state index contributed by atoms with van der Waals surface area (Å²) in [5, 5.41) is 2.80. The van der Waals surface area contributed by atoms with Gasteiger partial charge in [0.15, 0.2) is 0 Å². The average Bonchev–Trinajstić information content (AvgIpc) is 2.42. The predicted octanol–water partition coefficient (Wildman–Crippen LogP) is 3.43. The molecule has 0 aliphatic rings. The lowest BCUT2D eigenvalue weighted by atomic mass is 10.2. The molecule has 3 N–H and O–H groups in total. The Hall–Kier alpha value is -1.78. The van der Waals surface area contributed by atoms with E-state index in [1.54, 1.807) is 18.7 Å². The van der Waals surface area contributed by atoms with Gasteiger partial charge >= 0.3 is 0 Å². The van der Waals surface area contributed by atoms with Crippen molar-refractivity contribution in [3.05, 3.63) is 54.1 Å². The second-order valence-corrected chi connectivity index (χ2v) is 5.79. The number of hydrogen-bond acceptors (Lipinski definition) is 3. The van der Waals surface area contributed by atoms with Crippen molar-refractivity contribution in [3.8, 4) is 0 Å². The van der Waals surface area contributed by atoms with Crippen LogP contribution in [0.4, 0.5) is 5.69 Å². The Labute approximate surface area is 123 Å². The van der Waals surface area contributed by atoms with Gasteiger partial charge in [-0.1, -0.05) is 36.0 Å². The molecule has 2 aromatic carbocycles. The zero-order valence-electron chi connectivity index (χ0n) is 11.6. The standard InChI is InChI=1S/C16H18N2OS/c1-11-6-3-4-9-15(11)20-14-8-5-7-13(10-14)18-16(19)12(2)17/h3-10,12H,17H2,1-2H3,(H,18,19). The molecule has 2 aromatic rings. The molecule has 0 spiro atoms. The number of nitrogens with one attached hydrogen (secondary N) is 1. The van der Waals surface area contributed by atoms with Crippen LogP contribution in [0.25, 0.3) is 0 Å². The van der Waals surface area contributed by atoms with Crippen LogP contribution in [0, 0.1) is 6.92 Å². The molecule has 0 saturated carbocycles. The van der Waals surface area contributed by atoms with Crippen LogP contribution >= 0.6 is 11.8 Å². The van der Waals surface area contributed by atoms with Crippen LogP contribution in [0.15, 0.2) is 58.3 Å². The number of benzene rings is 2. The van der Waals surface area contributed by atoms with E-state index in [1.165, 1.54) is 10.5 Å². The Morgan fingerprint density at radius 2 is 1.95 bits per heavy atom. The minimum atomic E-state index is -0.511. The molecule has 3 nitrogen and oxygen atoms in total. The number of nitrogens with two attached hydrogens (primary N) is 1. The van der Waals surface area contributed by atoms with Crippen molar-refractivity contribution in [2.75, 3.05) is 5.32 Å². The van der Waals surface area contributed by atoms with Crippen LogP contribution in [0.1, 0.15) is 12.5 Å². The molecule has 0 saturated heterocycles. The third kappa shape index (κ3) is 3.85. The number of anilines is 1. The first-order chi connectivity index (χ1) is 9.56. The molecule has 0 aliphatic heterocycles. The van der Waals surface area contributed by atoms with Crippen molar-refractivity contribution >= 4 is 23.4 Å². The average molecular weight is 286 g/mol. The number of hydrogen-bond donors (Lipinski definition) is 2. The fourth-order valence-electron chi connectivity index (χ4n) is 1.69. The summed E-state index contributed by atoms with van der Waals surface area (Å²) in [5.74, 6) is -0.178. The molecule has 1 unspecified atom stereocenters. The van der Waals surface area contributed by atoms with E-state index < -0.39 is 6.04 Å². The molecule has 0 radical (unpaired) electrons. The normalized spacial score (nSPS) is 11.9. The SMILES string of the molecule is Cc1ccccc1Sc1cccc(NC(=O)C(C)N)c1. The van der Waals surface area contributed by atoms with Gasteiger partial charge < -0.3 is 11.1 Å². The molecule has 4 heteroatoms. The fraction of sp³-hybridized carbons (Fsp3) is 0.188. The Morgan fingerprint density at radius 1 is 1.20 bits per heavy atom. The van der Waals surface area contributed by atoms with Crippen LogP contribution in [0.3, 0.4) is 0 Å². The highest BCUT2D eigenvalue weighted by Crippen LogP contribution is 2.31. The van der Waals surface area contributed by atoms with E-state index in [1.807, 2.05) is 36.4 Å². The molecule has 104 valence electrons. The molecule has 20 heavy (non-hydrogen) atoms. The summed E-state index contributed by atoms with van der Waals surface area (Å²) in [7, 11) is 0. The maximum atomic E-state index is 11.6. The van der Waals surface area contributed by atoms with Gasteiger partial charge in [-0.05, 0) is 43.7 Å². The summed E-state index contributed by atoms with van der Waals surface area (Å²) >= 11 is 1.68. The minimum absolute atomic E-state index is 0.178. The van der Waals surface area contributed by atoms with E-state index in [0.717, 1.165) is 10.6 Å². The summed E-state index contributed by atoms with van der Waals surface area (Å²) in [4.78, 5) is 13.9. The lowest BCUT2D eigenvalue weighted by Crippen LogP contribution is -2.32. The molecule has 0 aliphatic carbocycles. The molecule has 0 aromatic heterocycles. The smallest absolute Gasteiger partial charge is 0.240 e. The number of rotatable bonds is 4. The van der Waals surface area contributed by atoms with Crippen LogP contribution in [-0.2, 0) is 4.79 Å². The van der Waals surface area contributed by atoms with Gasteiger partial charge in [-0.2, -0.15) is 0 Å². The monoisotopic (exact) mass is 286 g/mol. The van der Waals surface area contributed by atoms with Crippen molar-refractivity contribution < 1.29 is 4.79 Å². The Morgan fingerprint density at radius 3 is 2.65 bits per heavy atom. The maximum Gasteiger partial charge on any atom is 0.240 e. The first-order valence-corrected chi connectivity index (χ1v) is 7.28. The number of carbonyl (C=O) groups excluding carboxylic acids is 1. The van der Waals surface area contributed by atoms with Gasteiger partial charge in [0.1, 0.15) is 0 Å². The molecule has 0 bridgehead atoms. The van der Waals surface area contributed by atoms with Crippen molar-refractivity contribution in [1.29, 1.82) is 0 Å². The van der Waals surface area contributed by atoms with Gasteiger partial charge in [0.25, 0.3) is 0 Å². The van der Waals surface area contributed by atoms with E-state index in [9.17, 15) is 4.79 Å². The second-order valence-electron chi connectivity index (χ2n) is 4.67. The van der Waals surface area contributed by atoms with Gasteiger partial charge in [-0.25, -0.2) is 0 Å². The van der Waals surface area contributed by atoms with Gasteiger partial charge in [0.05, 0.1) is 6.04 Å². The van der Waals surface area contributed by atoms with Crippen LogP contribution < -0.4 is 11.1 Å². The lowest BCUT2D eigenvalue weighted by Gasteiger charge is -2.10. The van der Waals surface area contributed by atoms with E-state index in [4.69, 9.17) is 5.73 Å². The molecule has 2 rings (SSSR count). The highest BCUT2D eigenvalue weighted by Gasteiger charge is 2.08. The highest BCUT2D eigenvalue weighted by molar-refractivity contribution is 7.99. The molecular weight excluding hydrogens is 268 g/mol. The quantitative estimate of drug-likeness (QED) is 0.905. The van der Waals surface area contributed by atoms with E-state index in [-0.39, 0.29) is 5.91 Å². The first-order valence-electron chi connectivity index (χ1n) is 6.46. The summed E-state index contributed by atoms with van der Waals surface area (Å²) in [6.45, 7) is 3.76. The Kier molecular flexibility index (Phi) is 4.82. The Balaban J connectivity index is 2.14. The van der Waals surface area contributed by atoms with Crippen molar-refractivity contribution in [2.24, 2.45) is 5.73 Å². The summed E-state index contributed by atoms with van der Waals surface area (Å²) < 4.78 is 0. The van der Waals surface area contributed by atoms with Gasteiger partial charge in [-0.15, -0.1) is 0 Å². The van der Waals surface area contributed by atoms with Crippen molar-refractivity contribution in [3.63, 3.8) is 0 Å². The third-order valence-corrected chi connectivity index (χ3v) is 4.00. The number of aryl methyl sites for hydroxylation is 1. The van der Waals surface area contributed by atoms with Crippen LogP contribution in [0.2, 0.25) is 0 Å². The zero-order chi connectivity index (χ0) is 14.5. The minimum Gasteiger partial charge on any atom is -0.325 e. The zero-order valence-corrected chi connectivity index (χ0v) is 12.4. The van der Waals surface area contributed by atoms with E-state index in [0.29, 0.717) is 0 Å². The second kappa shape index (κ2) is 6.59. The predicted molar refractivity (Wildman–Crippen MR) is 84.0 cm³/mol. The lowest BCUT2D eigenvalue weighted by molar-refractivity contribution is -0.117. The van der Waals surface area contributed by atoms with Crippen LogP contribution in [-0.4, -0.2) is 11.9 Å². The number of carbonyl (C=O) groups is 1. The molecule has 0 fully saturated rings. The molecule has 1 amide bonds. The maximum absolute atomic E-state index is 11.6. The molecule has 0 heterocycles. The Bertz CT molecular complexity index is 611. The fourth-order valence-corrected chi connectivity index (χ4v) is 2.65. The van der Waals surface area contributed by atoms with Gasteiger partial charge in [0.2, 0.25) is 5.91 Å². The van der Waals surface area contributed by atoms with Gasteiger partial charge in [0, 0.05) is 15.5 Å². The first kappa shape index (κ1) is 14.6. The largest absolute Gasteiger partial charge is 0.325 e. The summed E-state index contributed by atoms with van der Waals surface area (Å²) in [6, 6.07) is 15.5. The van der Waals surface area contributed by atoms with Crippen LogP contribution in [0.5, 0.6) is 0 Å². The topological polar surface area (TPSA) is 55.1 Å². The third-order valence-electron chi connectivity index (χ3n) is 2.84. The van der Waals surface area contributed by atoms with Crippen molar-refractivity contribution in [1.82, 2.24) is 0 Å². The van der Waals surface area contributed by atoms with Crippen molar-refractivity contribution in [2.45, 2.75) is 29.7 Å². The summed E-state index contributed by atoms with van der Waals surface area (Å²) in [5.41, 5.74) is 7.56. The highest BCUT2D eigenvalue weighted by atomic mass is 32.2. The molecule has 1 atom stereocenters. The summed E-state index contributed by atoms with van der Waals surface area (Å²) in [6.07, 6.45) is 0. The molecular formula is C16H18N2OS. The van der Waals surface area contributed by atoms with Gasteiger partial charge in [-0.3, -0.25) is 4.79 Å². The van der Waals surface area contributed by atoms with E-state index in [2.05, 4.69) is 24.4 Å².